The van der Waals surface area contributed by atoms with Crippen molar-refractivity contribution in [2.75, 3.05) is 26.2 Å². The van der Waals surface area contributed by atoms with E-state index in [2.05, 4.69) is 5.10 Å². The number of pyridine rings is 1. The number of piperidine rings is 1. The molecule has 3 rings (SSSR count). The molecule has 2 aromatic heterocycles. The Balaban J connectivity index is 1.56. The van der Waals surface area contributed by atoms with Crippen LogP contribution >= 0.6 is 0 Å². The normalized spacial score (nSPS) is 16.0. The summed E-state index contributed by atoms with van der Waals surface area (Å²) in [4.78, 5) is 26.4. The minimum Gasteiger partial charge on any atom is -0.378 e. The zero-order chi connectivity index (χ0) is 16.9. The highest BCUT2D eigenvalue weighted by atomic mass is 16.5. The first-order valence-electron chi connectivity index (χ1n) is 8.32. The topological polar surface area (TPSA) is 94.9 Å². The Morgan fingerprint density at radius 1 is 1.33 bits per heavy atom. The van der Waals surface area contributed by atoms with Crippen LogP contribution in [-0.2, 0) is 16.1 Å². The van der Waals surface area contributed by atoms with Gasteiger partial charge in [-0.2, -0.15) is 0 Å². The molecule has 0 aliphatic carbocycles. The number of ether oxygens (including phenoxy) is 1. The van der Waals surface area contributed by atoms with Gasteiger partial charge in [0.25, 0.3) is 0 Å². The monoisotopic (exact) mass is 333 g/mol. The Hall–Kier alpha value is -2.19. The molecule has 0 saturated carbocycles. The van der Waals surface area contributed by atoms with E-state index in [-0.39, 0.29) is 24.2 Å². The number of aromatic nitrogens is 3. The second-order valence-electron chi connectivity index (χ2n) is 5.96. The number of nitrogens with zero attached hydrogens (tertiary/aromatic N) is 4. The first-order chi connectivity index (χ1) is 11.7. The fraction of sp³-hybridized carbons (Fsp3) is 0.562. The van der Waals surface area contributed by atoms with E-state index in [1.807, 2.05) is 6.07 Å². The van der Waals surface area contributed by atoms with Gasteiger partial charge in [-0.1, -0.05) is 6.07 Å². The van der Waals surface area contributed by atoms with Crippen LogP contribution in [0.1, 0.15) is 19.3 Å². The Bertz CT molecular complexity index is 745. The molecule has 1 aliphatic heterocycles. The summed E-state index contributed by atoms with van der Waals surface area (Å²) >= 11 is 0. The summed E-state index contributed by atoms with van der Waals surface area (Å²) in [6, 6.07) is 5.31. The Labute approximate surface area is 139 Å². The molecule has 2 N–H and O–H groups in total. The number of likely N-dealkylation sites (tertiary alicyclic amines) is 1. The molecule has 3 heterocycles. The lowest BCUT2D eigenvalue weighted by Gasteiger charge is -2.31. The van der Waals surface area contributed by atoms with Crippen LogP contribution in [0.5, 0.6) is 0 Å². The SMILES string of the molecule is NCCCOC1CCN(C(=O)Cn2nc3ccccn3c2=O)CC1. The van der Waals surface area contributed by atoms with Crippen molar-refractivity contribution in [1.29, 1.82) is 0 Å². The van der Waals surface area contributed by atoms with E-state index >= 15 is 0 Å². The van der Waals surface area contributed by atoms with Crippen LogP contribution < -0.4 is 11.4 Å². The molecular formula is C16H23N5O3. The third-order valence-corrected chi connectivity index (χ3v) is 4.27. The highest BCUT2D eigenvalue weighted by Crippen LogP contribution is 2.14. The van der Waals surface area contributed by atoms with Crippen molar-refractivity contribution < 1.29 is 9.53 Å². The predicted octanol–water partition coefficient (Wildman–Crippen LogP) is -0.148. The maximum atomic E-state index is 12.4. The van der Waals surface area contributed by atoms with Crippen LogP contribution in [0.15, 0.2) is 29.2 Å². The van der Waals surface area contributed by atoms with Gasteiger partial charge >= 0.3 is 5.69 Å². The molecule has 0 bridgehead atoms. The molecule has 0 atom stereocenters. The number of hydrogen-bond acceptors (Lipinski definition) is 5. The van der Waals surface area contributed by atoms with Crippen LogP contribution in [-0.4, -0.2) is 57.3 Å². The summed E-state index contributed by atoms with van der Waals surface area (Å²) in [5.41, 5.74) is 5.70. The van der Waals surface area contributed by atoms with Gasteiger partial charge in [-0.25, -0.2) is 9.48 Å². The molecule has 0 spiro atoms. The zero-order valence-corrected chi connectivity index (χ0v) is 13.6. The largest absolute Gasteiger partial charge is 0.378 e. The van der Waals surface area contributed by atoms with Crippen molar-refractivity contribution in [2.24, 2.45) is 5.73 Å². The highest BCUT2D eigenvalue weighted by Gasteiger charge is 2.24. The van der Waals surface area contributed by atoms with Crippen LogP contribution in [0.2, 0.25) is 0 Å². The maximum absolute atomic E-state index is 12.4. The van der Waals surface area contributed by atoms with Crippen molar-refractivity contribution in [3.63, 3.8) is 0 Å². The van der Waals surface area contributed by atoms with Crippen molar-refractivity contribution in [3.8, 4) is 0 Å². The number of carbonyl (C=O) groups excluding carboxylic acids is 1. The minimum absolute atomic E-state index is 0.0286. The second-order valence-corrected chi connectivity index (χ2v) is 5.96. The van der Waals surface area contributed by atoms with E-state index in [1.165, 1.54) is 9.08 Å². The number of amides is 1. The summed E-state index contributed by atoms with van der Waals surface area (Å²) < 4.78 is 8.40. The lowest BCUT2D eigenvalue weighted by molar-refractivity contribution is -0.134. The average molecular weight is 333 g/mol. The van der Waals surface area contributed by atoms with Crippen LogP contribution in [0, 0.1) is 0 Å². The van der Waals surface area contributed by atoms with Crippen LogP contribution in [0.4, 0.5) is 0 Å². The van der Waals surface area contributed by atoms with Gasteiger partial charge in [-0.05, 0) is 37.9 Å². The summed E-state index contributed by atoms with van der Waals surface area (Å²) in [6.07, 6.45) is 4.33. The smallest absolute Gasteiger partial charge is 0.350 e. The fourth-order valence-electron chi connectivity index (χ4n) is 2.90. The predicted molar refractivity (Wildman–Crippen MR) is 88.7 cm³/mol. The molecule has 0 unspecified atom stereocenters. The van der Waals surface area contributed by atoms with Crippen molar-refractivity contribution in [2.45, 2.75) is 31.9 Å². The van der Waals surface area contributed by atoms with Crippen molar-refractivity contribution in [1.82, 2.24) is 19.1 Å². The summed E-state index contributed by atoms with van der Waals surface area (Å²) in [6.45, 7) is 2.57. The molecule has 8 heteroatoms. The third-order valence-electron chi connectivity index (χ3n) is 4.27. The number of fused-ring (bicyclic) bond motifs is 1. The lowest BCUT2D eigenvalue weighted by atomic mass is 10.1. The Kier molecular flexibility index (Phi) is 5.27. The van der Waals surface area contributed by atoms with Gasteiger partial charge in [0.1, 0.15) is 6.54 Å². The summed E-state index contributed by atoms with van der Waals surface area (Å²) in [5, 5.41) is 4.20. The standard InChI is InChI=1S/C16H23N5O3/c17-7-3-11-24-13-5-9-19(10-6-13)15(22)12-21-16(23)20-8-2-1-4-14(20)18-21/h1-2,4,8,13H,3,5-7,9-12,17H2. The van der Waals surface area contributed by atoms with E-state index in [1.54, 1.807) is 23.2 Å². The molecule has 1 fully saturated rings. The van der Waals surface area contributed by atoms with Gasteiger partial charge in [-0.15, -0.1) is 5.10 Å². The van der Waals surface area contributed by atoms with E-state index in [9.17, 15) is 9.59 Å². The second kappa shape index (κ2) is 7.59. The summed E-state index contributed by atoms with van der Waals surface area (Å²) in [5.74, 6) is -0.0825. The Morgan fingerprint density at radius 2 is 2.12 bits per heavy atom. The number of nitrogens with two attached hydrogens (primary N) is 1. The van der Waals surface area contributed by atoms with E-state index in [4.69, 9.17) is 10.5 Å². The van der Waals surface area contributed by atoms with E-state index in [0.29, 0.717) is 31.9 Å². The first kappa shape index (κ1) is 16.7. The highest BCUT2D eigenvalue weighted by molar-refractivity contribution is 5.76. The van der Waals surface area contributed by atoms with E-state index in [0.717, 1.165) is 19.3 Å². The number of carbonyl (C=O) groups is 1. The van der Waals surface area contributed by atoms with Gasteiger partial charge in [0, 0.05) is 25.9 Å². The van der Waals surface area contributed by atoms with Crippen LogP contribution in [0.25, 0.3) is 5.65 Å². The number of rotatable bonds is 6. The van der Waals surface area contributed by atoms with Gasteiger partial charge in [0.15, 0.2) is 5.65 Å². The summed E-state index contributed by atoms with van der Waals surface area (Å²) in [7, 11) is 0. The van der Waals surface area contributed by atoms with Gasteiger partial charge in [-0.3, -0.25) is 9.20 Å². The first-order valence-corrected chi connectivity index (χ1v) is 8.32. The molecular weight excluding hydrogens is 310 g/mol. The molecule has 1 saturated heterocycles. The molecule has 24 heavy (non-hydrogen) atoms. The third kappa shape index (κ3) is 3.65. The number of hydrogen-bond donors (Lipinski definition) is 1. The molecule has 130 valence electrons. The molecule has 0 radical (unpaired) electrons. The van der Waals surface area contributed by atoms with Gasteiger partial charge in [0.05, 0.1) is 6.10 Å². The van der Waals surface area contributed by atoms with Crippen LogP contribution in [0.3, 0.4) is 0 Å². The van der Waals surface area contributed by atoms with Crippen molar-refractivity contribution >= 4 is 11.6 Å². The lowest BCUT2D eigenvalue weighted by Crippen LogP contribution is -2.43. The average Bonchev–Trinajstić information content (AvgIpc) is 2.92. The zero-order valence-electron chi connectivity index (χ0n) is 13.6. The van der Waals surface area contributed by atoms with Gasteiger partial charge in [0.2, 0.25) is 5.91 Å². The molecule has 1 amide bonds. The quantitative estimate of drug-likeness (QED) is 0.742. The molecule has 8 nitrogen and oxygen atoms in total. The fourth-order valence-corrected chi connectivity index (χ4v) is 2.90. The maximum Gasteiger partial charge on any atom is 0.350 e. The van der Waals surface area contributed by atoms with E-state index < -0.39 is 0 Å². The molecule has 1 aliphatic rings. The molecule has 0 aromatic carbocycles. The van der Waals surface area contributed by atoms with Gasteiger partial charge < -0.3 is 15.4 Å². The van der Waals surface area contributed by atoms with Crippen molar-refractivity contribution in [3.05, 3.63) is 34.9 Å². The Morgan fingerprint density at radius 3 is 2.83 bits per heavy atom. The minimum atomic E-state index is -0.293. The molecule has 2 aromatic rings.